The lowest BCUT2D eigenvalue weighted by atomic mass is 9.50. The van der Waals surface area contributed by atoms with E-state index < -0.39 is 36.2 Å². The average Bonchev–Trinajstić information content (AvgIpc) is 3.43. The van der Waals surface area contributed by atoms with Crippen molar-refractivity contribution >= 4 is 23.5 Å². The molecule has 34 heavy (non-hydrogen) atoms. The first-order valence-corrected chi connectivity index (χ1v) is 11.1. The Kier molecular flexibility index (Phi) is 4.55. The molecule has 2 bridgehead atoms. The molecular weight excluding hydrogens is 458 g/mol. The van der Waals surface area contributed by atoms with Gasteiger partial charge in [0.15, 0.2) is 11.5 Å². The van der Waals surface area contributed by atoms with E-state index in [1.165, 1.54) is 16.7 Å². The summed E-state index contributed by atoms with van der Waals surface area (Å²) in [7, 11) is 0. The van der Waals surface area contributed by atoms with Crippen molar-refractivity contribution in [2.45, 2.75) is 62.0 Å². The molecule has 3 atom stereocenters. The number of aromatic nitrogens is 5. The van der Waals surface area contributed by atoms with E-state index in [1.54, 1.807) is 6.07 Å². The molecule has 0 aliphatic heterocycles. The van der Waals surface area contributed by atoms with Crippen LogP contribution < -0.4 is 10.6 Å². The van der Waals surface area contributed by atoms with Gasteiger partial charge in [-0.3, -0.25) is 9.50 Å². The predicted molar refractivity (Wildman–Crippen MR) is 110 cm³/mol. The fraction of sp³-hybridized carbons (Fsp3) is 0.524. The number of H-pyrrole nitrogens is 1. The molecule has 4 aliphatic carbocycles. The number of anilines is 2. The molecule has 3 aromatic heterocycles. The van der Waals surface area contributed by atoms with E-state index in [2.05, 4.69) is 30.8 Å². The summed E-state index contributed by atoms with van der Waals surface area (Å²) in [6.45, 7) is 0. The summed E-state index contributed by atoms with van der Waals surface area (Å²) >= 11 is 0. The molecule has 3 heterocycles. The zero-order valence-electron chi connectivity index (χ0n) is 17.8. The second-order valence-corrected chi connectivity index (χ2v) is 9.41. The molecule has 0 spiro atoms. The fourth-order valence-corrected chi connectivity index (χ4v) is 5.24. The number of aromatic amines is 1. The molecule has 1 amide bonds. The van der Waals surface area contributed by atoms with Crippen LogP contribution in [0.15, 0.2) is 24.5 Å². The van der Waals surface area contributed by atoms with Crippen LogP contribution in [0.5, 0.6) is 0 Å². The summed E-state index contributed by atoms with van der Waals surface area (Å²) in [4.78, 5) is 19.8. The van der Waals surface area contributed by atoms with Gasteiger partial charge in [0.2, 0.25) is 5.95 Å². The highest BCUT2D eigenvalue weighted by Gasteiger charge is 2.58. The van der Waals surface area contributed by atoms with Gasteiger partial charge in [-0.1, -0.05) is 0 Å². The van der Waals surface area contributed by atoms with Gasteiger partial charge < -0.3 is 15.4 Å². The molecule has 0 aromatic carbocycles. The van der Waals surface area contributed by atoms with E-state index in [9.17, 15) is 18.0 Å². The van der Waals surface area contributed by atoms with E-state index in [1.807, 2.05) is 0 Å². The van der Waals surface area contributed by atoms with E-state index in [0.717, 1.165) is 25.5 Å². The summed E-state index contributed by atoms with van der Waals surface area (Å²) < 4.78 is 60.6. The van der Waals surface area contributed by atoms with Crippen molar-refractivity contribution in [3.63, 3.8) is 0 Å². The largest absolute Gasteiger partial charge is 0.443 e. The molecule has 4 aliphatic rings. The number of alkyl halides is 4. The lowest BCUT2D eigenvalue weighted by molar-refractivity contribution is -0.140. The summed E-state index contributed by atoms with van der Waals surface area (Å²) in [5.74, 6) is 0.490. The van der Waals surface area contributed by atoms with Crippen LogP contribution in [0.3, 0.4) is 0 Å². The Morgan fingerprint density at radius 1 is 1.26 bits per heavy atom. The number of imidazole rings is 1. The maximum absolute atomic E-state index is 15.1. The van der Waals surface area contributed by atoms with Crippen LogP contribution in [0, 0.1) is 5.92 Å². The SMILES string of the molecule is O=C(NC12CC(C1)C2)O[C@H]1CC[C@@H](c2cc(Nc3nccc4nc(C(F)(F)F)cn34)n[nH]2)[C@@H]1F. The molecule has 9 nitrogen and oxygen atoms in total. The third-order valence-corrected chi connectivity index (χ3v) is 7.07. The van der Waals surface area contributed by atoms with Gasteiger partial charge >= 0.3 is 12.3 Å². The van der Waals surface area contributed by atoms with E-state index in [4.69, 9.17) is 4.74 Å². The number of rotatable bonds is 5. The van der Waals surface area contributed by atoms with Gasteiger partial charge in [-0.25, -0.2) is 19.2 Å². The first-order chi connectivity index (χ1) is 16.2. The highest BCUT2D eigenvalue weighted by molar-refractivity contribution is 5.69. The summed E-state index contributed by atoms with van der Waals surface area (Å²) in [6.07, 6.45) is -1.50. The number of nitrogens with one attached hydrogen (secondary N) is 3. The Morgan fingerprint density at radius 2 is 2.06 bits per heavy atom. The average molecular weight is 479 g/mol. The van der Waals surface area contributed by atoms with Gasteiger partial charge in [-0.2, -0.15) is 18.3 Å². The molecule has 4 fully saturated rings. The number of alkyl carbamates (subject to hydrolysis) is 1. The molecule has 0 saturated heterocycles. The molecule has 13 heteroatoms. The Balaban J connectivity index is 1.12. The second kappa shape index (κ2) is 7.31. The highest BCUT2D eigenvalue weighted by Crippen LogP contribution is 2.57. The number of hydrogen-bond acceptors (Lipinski definition) is 6. The zero-order chi connectivity index (χ0) is 23.7. The number of fused-ring (bicyclic) bond motifs is 1. The van der Waals surface area contributed by atoms with Gasteiger partial charge in [-0.05, 0) is 44.1 Å². The number of amides is 1. The molecule has 180 valence electrons. The number of carbonyl (C=O) groups is 1. The van der Waals surface area contributed by atoms with Gasteiger partial charge in [0.1, 0.15) is 17.9 Å². The maximum Gasteiger partial charge on any atom is 0.434 e. The lowest BCUT2D eigenvalue weighted by Gasteiger charge is -2.61. The third-order valence-electron chi connectivity index (χ3n) is 7.07. The standard InChI is InChI=1S/C21H21F4N7O2/c22-17-11(1-2-13(17)34-19(33)29-20-6-10(7-20)8-20)12-5-15(31-30-12)28-18-26-4-3-16-27-14(9-32(16)18)21(23,24)25/h3-5,9-11,13,17H,1-2,6-8H2,(H,29,33)(H2,26,28,30,31)/t10?,11-,13-,17-,20?/m0/s1. The maximum atomic E-state index is 15.1. The Hall–Kier alpha value is -3.38. The topological polar surface area (TPSA) is 109 Å². The smallest absolute Gasteiger partial charge is 0.434 e. The van der Waals surface area contributed by atoms with Crippen LogP contribution in [0.4, 0.5) is 34.1 Å². The van der Waals surface area contributed by atoms with E-state index in [0.29, 0.717) is 24.5 Å². The van der Waals surface area contributed by atoms with Crippen LogP contribution in [-0.4, -0.2) is 48.5 Å². The summed E-state index contributed by atoms with van der Waals surface area (Å²) in [6, 6.07) is 2.93. The number of ether oxygens (including phenoxy) is 1. The van der Waals surface area contributed by atoms with Crippen LogP contribution in [0.25, 0.3) is 5.65 Å². The third kappa shape index (κ3) is 3.53. The quantitative estimate of drug-likeness (QED) is 0.476. The van der Waals surface area contributed by atoms with Crippen molar-refractivity contribution in [1.29, 1.82) is 0 Å². The van der Waals surface area contributed by atoms with Gasteiger partial charge in [0, 0.05) is 35.6 Å². The van der Waals surface area contributed by atoms with Crippen molar-refractivity contribution in [3.8, 4) is 0 Å². The Labute approximate surface area is 190 Å². The molecule has 3 N–H and O–H groups in total. The highest BCUT2D eigenvalue weighted by atomic mass is 19.4. The van der Waals surface area contributed by atoms with Crippen molar-refractivity contribution in [2.24, 2.45) is 5.92 Å². The van der Waals surface area contributed by atoms with Crippen LogP contribution in [-0.2, 0) is 10.9 Å². The first kappa shape index (κ1) is 21.2. The van der Waals surface area contributed by atoms with E-state index in [-0.39, 0.29) is 23.0 Å². The minimum absolute atomic E-state index is 0.0670. The van der Waals surface area contributed by atoms with Gasteiger partial charge in [-0.15, -0.1) is 0 Å². The molecule has 0 radical (unpaired) electrons. The summed E-state index contributed by atoms with van der Waals surface area (Å²) in [5.41, 5.74) is -0.615. The van der Waals surface area contributed by atoms with Crippen LogP contribution >= 0.6 is 0 Å². The molecule has 0 unspecified atom stereocenters. The van der Waals surface area contributed by atoms with Crippen molar-refractivity contribution in [1.82, 2.24) is 29.9 Å². The normalized spacial score (nSPS) is 30.0. The Morgan fingerprint density at radius 3 is 2.76 bits per heavy atom. The van der Waals surface area contributed by atoms with Crippen molar-refractivity contribution < 1.29 is 27.1 Å². The lowest BCUT2D eigenvalue weighted by Crippen LogP contribution is -2.68. The molecular formula is C21H21F4N7O2. The molecule has 7 rings (SSSR count). The number of nitrogens with zero attached hydrogens (tertiary/aromatic N) is 4. The van der Waals surface area contributed by atoms with Crippen molar-refractivity contribution in [2.75, 3.05) is 5.32 Å². The summed E-state index contributed by atoms with van der Waals surface area (Å²) in [5, 5.41) is 12.6. The van der Waals surface area contributed by atoms with Crippen molar-refractivity contribution in [3.05, 3.63) is 35.9 Å². The minimum Gasteiger partial charge on any atom is -0.443 e. The van der Waals surface area contributed by atoms with Gasteiger partial charge in [0.25, 0.3) is 0 Å². The van der Waals surface area contributed by atoms with Gasteiger partial charge in [0.05, 0.1) is 0 Å². The number of carbonyl (C=O) groups excluding carboxylic acids is 1. The molecule has 3 aromatic rings. The number of hydrogen-bond donors (Lipinski definition) is 3. The first-order valence-electron chi connectivity index (χ1n) is 11.1. The minimum atomic E-state index is -4.59. The fourth-order valence-electron chi connectivity index (χ4n) is 5.24. The van der Waals surface area contributed by atoms with Crippen LogP contribution in [0.1, 0.15) is 49.4 Å². The van der Waals surface area contributed by atoms with E-state index >= 15 is 4.39 Å². The Bertz CT molecular complexity index is 1240. The zero-order valence-corrected chi connectivity index (χ0v) is 17.8. The molecule has 4 saturated carbocycles. The second-order valence-electron chi connectivity index (χ2n) is 9.41. The monoisotopic (exact) mass is 479 g/mol. The predicted octanol–water partition coefficient (Wildman–Crippen LogP) is 4.08. The van der Waals surface area contributed by atoms with Crippen LogP contribution in [0.2, 0.25) is 0 Å². The number of halogens is 4.